The first-order valence-electron chi connectivity index (χ1n) is 7.81. The fraction of sp³-hybridized carbons (Fsp3) is 0.647. The molecule has 1 N–H and O–H groups in total. The van der Waals surface area contributed by atoms with Gasteiger partial charge in [-0.1, -0.05) is 6.92 Å². The second-order valence-corrected chi connectivity index (χ2v) is 6.73. The van der Waals surface area contributed by atoms with E-state index in [0.29, 0.717) is 6.04 Å². The van der Waals surface area contributed by atoms with Crippen LogP contribution < -0.4 is 14.8 Å². The number of hydrogen-bond acceptors (Lipinski definition) is 4. The third-order valence-electron chi connectivity index (χ3n) is 4.17. The minimum Gasteiger partial charge on any atom is -0.497 e. The van der Waals surface area contributed by atoms with E-state index in [9.17, 15) is 0 Å². The van der Waals surface area contributed by atoms with E-state index in [4.69, 9.17) is 9.47 Å². The molecule has 0 spiro atoms. The summed E-state index contributed by atoms with van der Waals surface area (Å²) >= 11 is 2.08. The van der Waals surface area contributed by atoms with E-state index in [-0.39, 0.29) is 0 Å². The van der Waals surface area contributed by atoms with Crippen molar-refractivity contribution in [3.05, 3.63) is 23.8 Å². The molecule has 0 bridgehead atoms. The van der Waals surface area contributed by atoms with Crippen molar-refractivity contribution in [2.75, 3.05) is 32.3 Å². The van der Waals surface area contributed by atoms with Crippen LogP contribution in [0.5, 0.6) is 11.5 Å². The zero-order valence-electron chi connectivity index (χ0n) is 13.4. The van der Waals surface area contributed by atoms with Gasteiger partial charge in [0, 0.05) is 11.6 Å². The topological polar surface area (TPSA) is 30.5 Å². The zero-order chi connectivity index (χ0) is 15.1. The second kappa shape index (κ2) is 8.54. The summed E-state index contributed by atoms with van der Waals surface area (Å²) in [6.45, 7) is 3.13. The quantitative estimate of drug-likeness (QED) is 0.828. The van der Waals surface area contributed by atoms with E-state index in [2.05, 4.69) is 30.1 Å². The molecule has 0 saturated carbocycles. The maximum atomic E-state index is 5.56. The maximum Gasteiger partial charge on any atom is 0.123 e. The van der Waals surface area contributed by atoms with Gasteiger partial charge in [0.2, 0.25) is 0 Å². The van der Waals surface area contributed by atoms with Gasteiger partial charge in [0.15, 0.2) is 0 Å². The predicted octanol–water partition coefficient (Wildman–Crippen LogP) is 3.89. The SMILES string of the molecule is CCNC(CC1CCSCC1)c1cc(OC)ccc1OC. The van der Waals surface area contributed by atoms with Crippen molar-refractivity contribution in [1.82, 2.24) is 5.32 Å². The molecule has 0 radical (unpaired) electrons. The molecule has 0 amide bonds. The minimum atomic E-state index is 0.341. The molecule has 1 aliphatic heterocycles. The van der Waals surface area contributed by atoms with Gasteiger partial charge in [0.05, 0.1) is 14.2 Å². The van der Waals surface area contributed by atoms with Crippen LogP contribution in [0.15, 0.2) is 18.2 Å². The highest BCUT2D eigenvalue weighted by Crippen LogP contribution is 2.36. The number of benzene rings is 1. The van der Waals surface area contributed by atoms with Gasteiger partial charge < -0.3 is 14.8 Å². The van der Waals surface area contributed by atoms with Crippen LogP contribution in [0.25, 0.3) is 0 Å². The number of hydrogen-bond donors (Lipinski definition) is 1. The van der Waals surface area contributed by atoms with Gasteiger partial charge in [-0.25, -0.2) is 0 Å². The van der Waals surface area contributed by atoms with Gasteiger partial charge >= 0.3 is 0 Å². The molecule has 2 rings (SSSR count). The molecule has 4 heteroatoms. The Kier molecular flexibility index (Phi) is 6.71. The monoisotopic (exact) mass is 309 g/mol. The number of ether oxygens (including phenoxy) is 2. The van der Waals surface area contributed by atoms with E-state index < -0.39 is 0 Å². The van der Waals surface area contributed by atoms with Crippen LogP contribution in [-0.4, -0.2) is 32.3 Å². The smallest absolute Gasteiger partial charge is 0.123 e. The summed E-state index contributed by atoms with van der Waals surface area (Å²) in [5, 5.41) is 3.63. The van der Waals surface area contributed by atoms with Gasteiger partial charge in [0.1, 0.15) is 11.5 Å². The maximum absolute atomic E-state index is 5.56. The lowest BCUT2D eigenvalue weighted by atomic mass is 9.90. The predicted molar refractivity (Wildman–Crippen MR) is 90.6 cm³/mol. The molecule has 1 fully saturated rings. The highest BCUT2D eigenvalue weighted by Gasteiger charge is 2.22. The molecule has 3 nitrogen and oxygen atoms in total. The van der Waals surface area contributed by atoms with Crippen molar-refractivity contribution in [2.45, 2.75) is 32.2 Å². The summed E-state index contributed by atoms with van der Waals surface area (Å²) in [6.07, 6.45) is 3.84. The summed E-state index contributed by atoms with van der Waals surface area (Å²) in [6, 6.07) is 6.43. The molecule has 1 saturated heterocycles. The van der Waals surface area contributed by atoms with Crippen LogP contribution in [-0.2, 0) is 0 Å². The Labute approximate surface area is 132 Å². The molecule has 118 valence electrons. The molecule has 21 heavy (non-hydrogen) atoms. The molecule has 1 aromatic carbocycles. The van der Waals surface area contributed by atoms with Gasteiger partial charge in [-0.05, 0) is 61.4 Å². The Morgan fingerprint density at radius 2 is 2.00 bits per heavy atom. The number of nitrogens with one attached hydrogen (secondary N) is 1. The number of thioether (sulfide) groups is 1. The van der Waals surface area contributed by atoms with E-state index in [1.54, 1.807) is 14.2 Å². The molecule has 1 heterocycles. The highest BCUT2D eigenvalue weighted by atomic mass is 32.2. The van der Waals surface area contributed by atoms with E-state index in [1.807, 2.05) is 12.1 Å². The largest absolute Gasteiger partial charge is 0.497 e. The lowest BCUT2D eigenvalue weighted by molar-refractivity contribution is 0.352. The Bertz CT molecular complexity index is 433. The Balaban J connectivity index is 2.18. The van der Waals surface area contributed by atoms with Gasteiger partial charge in [-0.3, -0.25) is 0 Å². The van der Waals surface area contributed by atoms with Crippen molar-refractivity contribution < 1.29 is 9.47 Å². The first-order chi connectivity index (χ1) is 10.3. The van der Waals surface area contributed by atoms with Crippen LogP contribution in [0.2, 0.25) is 0 Å². The lowest BCUT2D eigenvalue weighted by Crippen LogP contribution is -2.25. The van der Waals surface area contributed by atoms with Crippen molar-refractivity contribution in [2.24, 2.45) is 5.92 Å². The molecule has 1 atom stereocenters. The summed E-state index contributed by atoms with van der Waals surface area (Å²) in [5.41, 5.74) is 1.22. The molecular formula is C17H27NO2S. The second-order valence-electron chi connectivity index (χ2n) is 5.51. The van der Waals surface area contributed by atoms with Gasteiger partial charge in [-0.2, -0.15) is 11.8 Å². The number of methoxy groups -OCH3 is 2. The molecule has 1 aromatic rings. The highest BCUT2D eigenvalue weighted by molar-refractivity contribution is 7.99. The van der Waals surface area contributed by atoms with Crippen molar-refractivity contribution in [3.63, 3.8) is 0 Å². The van der Waals surface area contributed by atoms with Crippen molar-refractivity contribution in [3.8, 4) is 11.5 Å². The summed E-state index contributed by atoms with van der Waals surface area (Å²) in [7, 11) is 3.46. The molecule has 0 aliphatic carbocycles. The fourth-order valence-corrected chi connectivity index (χ4v) is 4.20. The summed E-state index contributed by atoms with van der Waals surface area (Å²) < 4.78 is 10.9. The fourth-order valence-electron chi connectivity index (χ4n) is 2.99. The van der Waals surface area contributed by atoms with Crippen LogP contribution in [0.3, 0.4) is 0 Å². The zero-order valence-corrected chi connectivity index (χ0v) is 14.2. The van der Waals surface area contributed by atoms with Crippen LogP contribution >= 0.6 is 11.8 Å². The Morgan fingerprint density at radius 1 is 1.24 bits per heavy atom. The van der Waals surface area contributed by atoms with Gasteiger partial charge in [0.25, 0.3) is 0 Å². The summed E-state index contributed by atoms with van der Waals surface area (Å²) in [5.74, 6) is 5.27. The van der Waals surface area contributed by atoms with Crippen molar-refractivity contribution >= 4 is 11.8 Å². The standard InChI is InChI=1S/C17H27NO2S/c1-4-18-16(11-13-7-9-21-10-8-13)15-12-14(19-2)5-6-17(15)20-3/h5-6,12-13,16,18H,4,7-11H2,1-3H3. The number of rotatable bonds is 7. The van der Waals surface area contributed by atoms with E-state index in [0.717, 1.165) is 24.0 Å². The minimum absolute atomic E-state index is 0.341. The molecule has 0 aromatic heterocycles. The third kappa shape index (κ3) is 4.55. The van der Waals surface area contributed by atoms with E-state index >= 15 is 0 Å². The average Bonchev–Trinajstić information content (AvgIpc) is 2.55. The first-order valence-corrected chi connectivity index (χ1v) is 8.97. The molecule has 1 unspecified atom stereocenters. The van der Waals surface area contributed by atoms with Crippen LogP contribution in [0, 0.1) is 5.92 Å². The Hall–Kier alpha value is -0.870. The molecular weight excluding hydrogens is 282 g/mol. The normalized spacial score (nSPS) is 17.5. The van der Waals surface area contributed by atoms with Crippen molar-refractivity contribution in [1.29, 1.82) is 0 Å². The summed E-state index contributed by atoms with van der Waals surface area (Å²) in [4.78, 5) is 0. The van der Waals surface area contributed by atoms with Gasteiger partial charge in [-0.15, -0.1) is 0 Å². The van der Waals surface area contributed by atoms with Crippen LogP contribution in [0.4, 0.5) is 0 Å². The third-order valence-corrected chi connectivity index (χ3v) is 5.22. The molecule has 1 aliphatic rings. The van der Waals surface area contributed by atoms with E-state index in [1.165, 1.54) is 36.3 Å². The van der Waals surface area contributed by atoms with Crippen LogP contribution in [0.1, 0.15) is 37.8 Å². The Morgan fingerprint density at radius 3 is 2.62 bits per heavy atom. The first kappa shape index (κ1) is 16.5. The average molecular weight is 309 g/mol. The lowest BCUT2D eigenvalue weighted by Gasteiger charge is -2.28.